The number of carbonyl (C=O) groups is 2. The Balaban J connectivity index is 1.58. The lowest BCUT2D eigenvalue weighted by molar-refractivity contribution is -0.142. The molecule has 3 rings (SSSR count). The van der Waals surface area contributed by atoms with E-state index in [1.165, 1.54) is 24.3 Å². The molecular weight excluding hydrogens is 394 g/mol. The van der Waals surface area contributed by atoms with Gasteiger partial charge in [0.1, 0.15) is 6.10 Å². The fraction of sp³-hybridized carbons (Fsp3) is 0.600. The van der Waals surface area contributed by atoms with Gasteiger partial charge in [-0.25, -0.2) is 13.1 Å². The van der Waals surface area contributed by atoms with Crippen molar-refractivity contribution >= 4 is 21.8 Å². The number of hydrogen-bond acceptors (Lipinski definition) is 5. The summed E-state index contributed by atoms with van der Waals surface area (Å²) in [6.45, 7) is 6.21. The summed E-state index contributed by atoms with van der Waals surface area (Å²) in [4.78, 5) is 28.8. The molecule has 1 aromatic rings. The third kappa shape index (κ3) is 5.15. The molecule has 0 bridgehead atoms. The van der Waals surface area contributed by atoms with Crippen molar-refractivity contribution in [2.45, 2.75) is 50.2 Å². The second-order valence-corrected chi connectivity index (χ2v) is 9.29. The van der Waals surface area contributed by atoms with E-state index in [1.807, 2.05) is 6.92 Å². The van der Waals surface area contributed by atoms with E-state index < -0.39 is 10.0 Å². The molecule has 9 heteroatoms. The first-order chi connectivity index (χ1) is 13.8. The summed E-state index contributed by atoms with van der Waals surface area (Å²) in [5.41, 5.74) is 0.436. The van der Waals surface area contributed by atoms with Crippen LogP contribution in [0.15, 0.2) is 29.2 Å². The van der Waals surface area contributed by atoms with Crippen LogP contribution in [0, 0.1) is 0 Å². The molecule has 2 heterocycles. The minimum atomic E-state index is -3.59. The maximum atomic E-state index is 12.8. The van der Waals surface area contributed by atoms with Crippen molar-refractivity contribution in [3.05, 3.63) is 29.8 Å². The van der Waals surface area contributed by atoms with Crippen molar-refractivity contribution in [1.82, 2.24) is 14.5 Å². The van der Waals surface area contributed by atoms with Crippen molar-refractivity contribution in [2.24, 2.45) is 0 Å². The van der Waals surface area contributed by atoms with Crippen molar-refractivity contribution in [3.63, 3.8) is 0 Å². The van der Waals surface area contributed by atoms with Gasteiger partial charge in [0.2, 0.25) is 10.0 Å². The van der Waals surface area contributed by atoms with Crippen LogP contribution in [0.3, 0.4) is 0 Å². The zero-order chi connectivity index (χ0) is 21.0. The molecule has 2 amide bonds. The molecule has 2 unspecified atom stereocenters. The van der Waals surface area contributed by atoms with Gasteiger partial charge in [-0.3, -0.25) is 9.59 Å². The molecule has 2 saturated heterocycles. The number of benzene rings is 1. The number of rotatable bonds is 6. The lowest BCUT2D eigenvalue weighted by atomic mass is 10.1. The first-order valence-corrected chi connectivity index (χ1v) is 11.6. The molecule has 2 atom stereocenters. The highest BCUT2D eigenvalue weighted by Crippen LogP contribution is 2.18. The molecule has 0 radical (unpaired) electrons. The predicted molar refractivity (Wildman–Crippen MR) is 108 cm³/mol. The number of hydrogen-bond donors (Lipinski definition) is 1. The molecule has 0 spiro atoms. The molecule has 0 aliphatic carbocycles. The molecule has 1 N–H and O–H groups in total. The van der Waals surface area contributed by atoms with Crippen LogP contribution < -0.4 is 4.72 Å². The summed E-state index contributed by atoms with van der Waals surface area (Å²) in [6.07, 6.45) is 2.03. The Hall–Kier alpha value is -1.97. The summed E-state index contributed by atoms with van der Waals surface area (Å²) in [5, 5.41) is 0. The average molecular weight is 424 g/mol. The van der Waals surface area contributed by atoms with Gasteiger partial charge >= 0.3 is 0 Å². The monoisotopic (exact) mass is 423 g/mol. The zero-order valence-corrected chi connectivity index (χ0v) is 17.8. The normalized spacial score (nSPS) is 21.2. The van der Waals surface area contributed by atoms with Gasteiger partial charge in [-0.1, -0.05) is 6.92 Å². The highest BCUT2D eigenvalue weighted by atomic mass is 32.2. The van der Waals surface area contributed by atoms with E-state index in [1.54, 1.807) is 16.7 Å². The Bertz CT molecular complexity index is 826. The largest absolute Gasteiger partial charge is 0.368 e. The Morgan fingerprint density at radius 2 is 1.76 bits per heavy atom. The molecule has 2 aliphatic rings. The van der Waals surface area contributed by atoms with Gasteiger partial charge in [0.15, 0.2) is 0 Å². The summed E-state index contributed by atoms with van der Waals surface area (Å²) in [7, 11) is -3.59. The Kier molecular flexibility index (Phi) is 6.92. The van der Waals surface area contributed by atoms with E-state index >= 15 is 0 Å². The Morgan fingerprint density at radius 1 is 1.14 bits per heavy atom. The van der Waals surface area contributed by atoms with Crippen LogP contribution in [0.5, 0.6) is 0 Å². The van der Waals surface area contributed by atoms with Crippen molar-refractivity contribution in [2.75, 3.05) is 32.8 Å². The number of nitrogens with one attached hydrogen (secondary N) is 1. The van der Waals surface area contributed by atoms with Crippen LogP contribution in [0.1, 0.15) is 43.5 Å². The molecule has 0 aromatic heterocycles. The zero-order valence-electron chi connectivity index (χ0n) is 17.0. The van der Waals surface area contributed by atoms with Crippen LogP contribution in [-0.4, -0.2) is 75.0 Å². The van der Waals surface area contributed by atoms with E-state index in [2.05, 4.69) is 4.72 Å². The Labute approximate surface area is 172 Å². The second-order valence-electron chi connectivity index (χ2n) is 7.57. The van der Waals surface area contributed by atoms with Gasteiger partial charge in [0, 0.05) is 44.4 Å². The lowest BCUT2D eigenvalue weighted by Crippen LogP contribution is -2.52. The number of carbonyl (C=O) groups excluding carboxylic acids is 2. The molecule has 0 saturated carbocycles. The second kappa shape index (κ2) is 9.23. The van der Waals surface area contributed by atoms with E-state index in [-0.39, 0.29) is 28.9 Å². The molecule has 160 valence electrons. The number of amides is 2. The van der Waals surface area contributed by atoms with E-state index in [0.717, 1.165) is 12.8 Å². The lowest BCUT2D eigenvalue weighted by Gasteiger charge is -2.35. The van der Waals surface area contributed by atoms with Crippen LogP contribution in [0.2, 0.25) is 0 Å². The highest BCUT2D eigenvalue weighted by Gasteiger charge is 2.31. The van der Waals surface area contributed by atoms with Crippen LogP contribution >= 0.6 is 0 Å². The number of ether oxygens (including phenoxy) is 1. The van der Waals surface area contributed by atoms with Crippen LogP contribution in [0.25, 0.3) is 0 Å². The fourth-order valence-corrected chi connectivity index (χ4v) is 4.81. The summed E-state index contributed by atoms with van der Waals surface area (Å²) in [6, 6.07) is 5.83. The van der Waals surface area contributed by atoms with Crippen LogP contribution in [-0.2, 0) is 19.6 Å². The summed E-state index contributed by atoms with van der Waals surface area (Å²) in [5.74, 6) is -0.147. The molecule has 8 nitrogen and oxygen atoms in total. The standard InChI is InChI=1S/C20H29N3O5S/c1-3-15(2)21-29(26,27)17-8-6-16(7-9-17)19(24)22-10-12-23(13-11-22)20(25)18-5-4-14-28-18/h6-9,15,18,21H,3-5,10-14H2,1-2H3. The predicted octanol–water partition coefficient (Wildman–Crippen LogP) is 1.23. The van der Waals surface area contributed by atoms with Gasteiger partial charge in [-0.05, 0) is 50.5 Å². The molecule has 1 aromatic carbocycles. The van der Waals surface area contributed by atoms with Gasteiger partial charge in [-0.2, -0.15) is 0 Å². The third-order valence-electron chi connectivity index (χ3n) is 5.46. The van der Waals surface area contributed by atoms with Gasteiger partial charge in [0.05, 0.1) is 4.90 Å². The molecule has 2 aliphatic heterocycles. The minimum absolute atomic E-state index is 0.0120. The maximum absolute atomic E-state index is 12.8. The van der Waals surface area contributed by atoms with Gasteiger partial charge in [-0.15, -0.1) is 0 Å². The first-order valence-electron chi connectivity index (χ1n) is 10.1. The number of piperazine rings is 1. The molecule has 29 heavy (non-hydrogen) atoms. The SMILES string of the molecule is CCC(C)NS(=O)(=O)c1ccc(C(=O)N2CCN(C(=O)C3CCCO3)CC2)cc1. The minimum Gasteiger partial charge on any atom is -0.368 e. The maximum Gasteiger partial charge on any atom is 0.253 e. The van der Waals surface area contributed by atoms with Gasteiger partial charge < -0.3 is 14.5 Å². The van der Waals surface area contributed by atoms with Gasteiger partial charge in [0.25, 0.3) is 11.8 Å². The van der Waals surface area contributed by atoms with Crippen molar-refractivity contribution < 1.29 is 22.7 Å². The van der Waals surface area contributed by atoms with E-state index in [4.69, 9.17) is 4.74 Å². The van der Waals surface area contributed by atoms with Crippen molar-refractivity contribution in [3.8, 4) is 0 Å². The van der Waals surface area contributed by atoms with Crippen molar-refractivity contribution in [1.29, 1.82) is 0 Å². The quantitative estimate of drug-likeness (QED) is 0.742. The summed E-state index contributed by atoms with van der Waals surface area (Å²) >= 11 is 0. The summed E-state index contributed by atoms with van der Waals surface area (Å²) < 4.78 is 32.7. The van der Waals surface area contributed by atoms with E-state index in [0.29, 0.717) is 44.8 Å². The molecule has 2 fully saturated rings. The van der Waals surface area contributed by atoms with Crippen LogP contribution in [0.4, 0.5) is 0 Å². The smallest absolute Gasteiger partial charge is 0.253 e. The third-order valence-corrected chi connectivity index (χ3v) is 7.07. The van der Waals surface area contributed by atoms with E-state index in [9.17, 15) is 18.0 Å². The fourth-order valence-electron chi connectivity index (χ4n) is 3.48. The molecular formula is C20H29N3O5S. The average Bonchev–Trinajstić information content (AvgIpc) is 3.27. The number of sulfonamides is 1. The topological polar surface area (TPSA) is 96.0 Å². The Morgan fingerprint density at radius 3 is 2.31 bits per heavy atom. The highest BCUT2D eigenvalue weighted by molar-refractivity contribution is 7.89. The first kappa shape index (κ1) is 21.7. The number of nitrogens with zero attached hydrogens (tertiary/aromatic N) is 2.